The molecule has 0 bridgehead atoms. The Morgan fingerprint density at radius 2 is 2.03 bits per heavy atom. The highest BCUT2D eigenvalue weighted by Crippen LogP contribution is 2.35. The van der Waals surface area contributed by atoms with Crippen molar-refractivity contribution in [3.8, 4) is 0 Å². The van der Waals surface area contributed by atoms with Gasteiger partial charge in [-0.25, -0.2) is 9.97 Å². The van der Waals surface area contributed by atoms with E-state index in [1.54, 1.807) is 18.7 Å². The summed E-state index contributed by atoms with van der Waals surface area (Å²) in [7, 11) is 0. The molecule has 2 heterocycles. The molecular formula is C24H30F3N5O2. The smallest absolute Gasteiger partial charge is 0.399 e. The fourth-order valence-electron chi connectivity index (χ4n) is 4.70. The molecule has 1 unspecified atom stereocenters. The number of hydrogen-bond donors (Lipinski definition) is 3. The van der Waals surface area contributed by atoms with E-state index in [1.807, 2.05) is 0 Å². The van der Waals surface area contributed by atoms with Crippen LogP contribution in [0.3, 0.4) is 0 Å². The van der Waals surface area contributed by atoms with Crippen LogP contribution in [0.25, 0.3) is 0 Å². The van der Waals surface area contributed by atoms with Gasteiger partial charge in [-0.3, -0.25) is 4.79 Å². The minimum absolute atomic E-state index is 0.0545. The Bertz CT molecular complexity index is 1070. The maximum absolute atomic E-state index is 13.2. The Hall–Kier alpha value is -2.88. The number of carbonyl (C=O) groups is 1. The van der Waals surface area contributed by atoms with Gasteiger partial charge >= 0.3 is 6.18 Å². The molecule has 1 fully saturated rings. The van der Waals surface area contributed by atoms with E-state index in [-0.39, 0.29) is 17.5 Å². The number of carbonyl (C=O) groups excluding carboxylic acids is 1. The van der Waals surface area contributed by atoms with E-state index in [0.717, 1.165) is 42.7 Å². The summed E-state index contributed by atoms with van der Waals surface area (Å²) in [4.78, 5) is 23.1. The lowest BCUT2D eigenvalue weighted by Gasteiger charge is -2.36. The van der Waals surface area contributed by atoms with Crippen molar-refractivity contribution in [2.24, 2.45) is 5.92 Å². The lowest BCUT2D eigenvalue weighted by Crippen LogP contribution is -2.53. The van der Waals surface area contributed by atoms with Crippen molar-refractivity contribution in [2.75, 3.05) is 24.1 Å². The molecule has 1 saturated heterocycles. The second-order valence-corrected chi connectivity index (χ2v) is 9.40. The normalized spacial score (nSPS) is 19.4. The Labute approximate surface area is 196 Å². The molecule has 4 rings (SSSR count). The number of halogens is 3. The number of amides is 1. The number of fused-ring (bicyclic) bond motifs is 1. The SMILES string of the molecule is Cc1nc2c(c(N[C@H](C)c3cc(N)cc(C(F)(F)F)c3)n1)CC(CCC(=O)N1CC(O)C1)CC2. The Balaban J connectivity index is 1.48. The molecule has 0 radical (unpaired) electrons. The molecule has 10 heteroatoms. The Kier molecular flexibility index (Phi) is 6.71. The second-order valence-electron chi connectivity index (χ2n) is 9.40. The van der Waals surface area contributed by atoms with E-state index in [4.69, 9.17) is 5.73 Å². The van der Waals surface area contributed by atoms with Gasteiger partial charge in [-0.05, 0) is 69.2 Å². The zero-order valence-electron chi connectivity index (χ0n) is 19.3. The molecule has 2 aromatic rings. The topological polar surface area (TPSA) is 104 Å². The van der Waals surface area contributed by atoms with Crippen molar-refractivity contribution in [3.63, 3.8) is 0 Å². The number of nitrogen functional groups attached to an aromatic ring is 1. The first-order valence-corrected chi connectivity index (χ1v) is 11.6. The van der Waals surface area contributed by atoms with Crippen molar-refractivity contribution in [1.29, 1.82) is 0 Å². The molecule has 0 saturated carbocycles. The first kappa shape index (κ1) is 24.3. The summed E-state index contributed by atoms with van der Waals surface area (Å²) in [5, 5.41) is 12.7. The number of nitrogens with one attached hydrogen (secondary N) is 1. The highest BCUT2D eigenvalue weighted by Gasteiger charge is 2.32. The van der Waals surface area contributed by atoms with Gasteiger partial charge in [0.15, 0.2) is 0 Å². The number of β-amino-alcohol motifs (C(OH)–C–C–N with tert-alkyl or cyclic N) is 1. The first-order chi connectivity index (χ1) is 16.0. The highest BCUT2D eigenvalue weighted by atomic mass is 19.4. The van der Waals surface area contributed by atoms with E-state index < -0.39 is 23.9 Å². The van der Waals surface area contributed by atoms with Crippen LogP contribution in [0.5, 0.6) is 0 Å². The summed E-state index contributed by atoms with van der Waals surface area (Å²) < 4.78 is 39.7. The van der Waals surface area contributed by atoms with Gasteiger partial charge in [0.1, 0.15) is 11.6 Å². The first-order valence-electron chi connectivity index (χ1n) is 11.6. The number of rotatable bonds is 6. The summed E-state index contributed by atoms with van der Waals surface area (Å²) in [6.45, 7) is 4.39. The highest BCUT2D eigenvalue weighted by molar-refractivity contribution is 5.77. The quantitative estimate of drug-likeness (QED) is 0.549. The third kappa shape index (κ3) is 5.43. The molecule has 1 aromatic heterocycles. The van der Waals surface area contributed by atoms with Crippen LogP contribution in [0.1, 0.15) is 60.4 Å². The maximum Gasteiger partial charge on any atom is 0.416 e. The number of aryl methyl sites for hydroxylation is 2. The molecule has 1 amide bonds. The van der Waals surface area contributed by atoms with Gasteiger partial charge in [-0.2, -0.15) is 13.2 Å². The summed E-state index contributed by atoms with van der Waals surface area (Å²) in [5.41, 5.74) is 7.34. The van der Waals surface area contributed by atoms with E-state index in [2.05, 4.69) is 15.3 Å². The van der Waals surface area contributed by atoms with Crippen LogP contribution in [0.2, 0.25) is 0 Å². The number of aromatic nitrogens is 2. The minimum atomic E-state index is -4.48. The molecule has 0 spiro atoms. The van der Waals surface area contributed by atoms with Gasteiger partial charge < -0.3 is 21.1 Å². The number of alkyl halides is 3. The number of aliphatic hydroxyl groups excluding tert-OH is 1. The van der Waals surface area contributed by atoms with Gasteiger partial charge in [0, 0.05) is 36.5 Å². The number of benzene rings is 1. The Morgan fingerprint density at radius 1 is 1.29 bits per heavy atom. The number of nitrogens with zero attached hydrogens (tertiary/aromatic N) is 3. The molecule has 2 atom stereocenters. The molecule has 184 valence electrons. The van der Waals surface area contributed by atoms with Crippen LogP contribution >= 0.6 is 0 Å². The monoisotopic (exact) mass is 477 g/mol. The van der Waals surface area contributed by atoms with E-state index in [9.17, 15) is 23.1 Å². The van der Waals surface area contributed by atoms with Gasteiger partial charge in [0.05, 0.1) is 17.7 Å². The summed E-state index contributed by atoms with van der Waals surface area (Å²) >= 11 is 0. The van der Waals surface area contributed by atoms with Gasteiger partial charge in [-0.15, -0.1) is 0 Å². The van der Waals surface area contributed by atoms with Crippen molar-refractivity contribution in [3.05, 3.63) is 46.4 Å². The fourth-order valence-corrected chi connectivity index (χ4v) is 4.70. The number of nitrogens with two attached hydrogens (primary N) is 1. The van der Waals surface area contributed by atoms with E-state index >= 15 is 0 Å². The molecule has 7 nitrogen and oxygen atoms in total. The number of aliphatic hydroxyl groups is 1. The average molecular weight is 478 g/mol. The van der Waals surface area contributed by atoms with Crippen LogP contribution in [-0.4, -0.2) is 45.1 Å². The number of anilines is 2. The number of hydrogen-bond acceptors (Lipinski definition) is 6. The molecule has 2 aliphatic rings. The zero-order valence-corrected chi connectivity index (χ0v) is 19.3. The maximum atomic E-state index is 13.2. The molecule has 1 aliphatic carbocycles. The fraction of sp³-hybridized carbons (Fsp3) is 0.542. The molecule has 1 aliphatic heterocycles. The molecule has 1 aromatic carbocycles. The van der Waals surface area contributed by atoms with Gasteiger partial charge in [0.2, 0.25) is 5.91 Å². The van der Waals surface area contributed by atoms with Crippen molar-refractivity contribution >= 4 is 17.4 Å². The largest absolute Gasteiger partial charge is 0.416 e. The standard InChI is InChI=1S/C24H30F3N5O2/c1-13(16-8-17(24(25,26)27)10-18(28)9-16)29-23-20-7-15(3-5-21(20)30-14(2)31-23)4-6-22(34)32-11-19(33)12-32/h8-10,13,15,19,33H,3-7,11-12,28H2,1-2H3,(H,29,30,31)/t13-,15?/m1/s1. The predicted octanol–water partition coefficient (Wildman–Crippen LogP) is 3.65. The van der Waals surface area contributed by atoms with Crippen LogP contribution in [-0.2, 0) is 23.8 Å². The predicted molar refractivity (Wildman–Crippen MR) is 122 cm³/mol. The average Bonchev–Trinajstić information content (AvgIpc) is 2.74. The third-order valence-electron chi connectivity index (χ3n) is 6.63. The minimum Gasteiger partial charge on any atom is -0.399 e. The summed E-state index contributed by atoms with van der Waals surface area (Å²) in [5.74, 6) is 1.56. The Morgan fingerprint density at radius 3 is 2.71 bits per heavy atom. The van der Waals surface area contributed by atoms with Crippen LogP contribution in [0.4, 0.5) is 24.7 Å². The molecule has 4 N–H and O–H groups in total. The van der Waals surface area contributed by atoms with Crippen molar-refractivity contribution in [1.82, 2.24) is 14.9 Å². The van der Waals surface area contributed by atoms with Crippen LogP contribution in [0, 0.1) is 12.8 Å². The van der Waals surface area contributed by atoms with Gasteiger partial charge in [0.25, 0.3) is 0 Å². The molecular weight excluding hydrogens is 447 g/mol. The second kappa shape index (κ2) is 9.40. The third-order valence-corrected chi connectivity index (χ3v) is 6.63. The summed E-state index contributed by atoms with van der Waals surface area (Å²) in [6, 6.07) is 3.12. The van der Waals surface area contributed by atoms with Crippen LogP contribution < -0.4 is 11.1 Å². The van der Waals surface area contributed by atoms with E-state index in [0.29, 0.717) is 43.1 Å². The molecule has 34 heavy (non-hydrogen) atoms. The van der Waals surface area contributed by atoms with E-state index in [1.165, 1.54) is 6.07 Å². The van der Waals surface area contributed by atoms with Crippen LogP contribution in [0.15, 0.2) is 18.2 Å². The number of likely N-dealkylation sites (tertiary alicyclic amines) is 1. The van der Waals surface area contributed by atoms with Gasteiger partial charge in [-0.1, -0.05) is 0 Å². The lowest BCUT2D eigenvalue weighted by molar-refractivity contribution is -0.141. The van der Waals surface area contributed by atoms with Crippen molar-refractivity contribution in [2.45, 2.75) is 64.3 Å². The zero-order chi connectivity index (χ0) is 24.6. The summed E-state index contributed by atoms with van der Waals surface area (Å²) in [6.07, 6.45) is -1.34. The van der Waals surface area contributed by atoms with Crippen molar-refractivity contribution < 1.29 is 23.1 Å². The lowest BCUT2D eigenvalue weighted by atomic mass is 9.83.